The zero-order chi connectivity index (χ0) is 18.1. The summed E-state index contributed by atoms with van der Waals surface area (Å²) in [4.78, 5) is 22.1. The highest BCUT2D eigenvalue weighted by Gasteiger charge is 2.31. The predicted octanol–water partition coefficient (Wildman–Crippen LogP) is 2.81. The van der Waals surface area contributed by atoms with Crippen LogP contribution in [0, 0.1) is 10.1 Å². The van der Waals surface area contributed by atoms with Crippen molar-refractivity contribution in [3.63, 3.8) is 0 Å². The van der Waals surface area contributed by atoms with Crippen molar-refractivity contribution in [2.75, 3.05) is 19.5 Å². The van der Waals surface area contributed by atoms with Crippen molar-refractivity contribution in [3.05, 3.63) is 51.6 Å². The molecule has 1 heterocycles. The second kappa shape index (κ2) is 6.19. The number of rotatable bonds is 5. The molecule has 9 heteroatoms. The maximum atomic E-state index is 11.7. The number of anilines is 1. The SMILES string of the molecule is COc1ccc(C2Nc3cc([N+](=O)[O-])ccc3O2)c(C(=O)O)c1OC. The Balaban J connectivity index is 2.03. The van der Waals surface area contributed by atoms with E-state index >= 15 is 0 Å². The fourth-order valence-electron chi connectivity index (χ4n) is 2.67. The van der Waals surface area contributed by atoms with Crippen LogP contribution in [0.2, 0.25) is 0 Å². The number of non-ortho nitro benzene ring substituents is 1. The largest absolute Gasteiger partial charge is 0.493 e. The number of nitrogens with zero attached hydrogens (tertiary/aromatic N) is 1. The minimum atomic E-state index is -1.21. The zero-order valence-corrected chi connectivity index (χ0v) is 13.3. The molecule has 0 fully saturated rings. The average molecular weight is 346 g/mol. The third-order valence-electron chi connectivity index (χ3n) is 3.78. The maximum Gasteiger partial charge on any atom is 0.340 e. The van der Waals surface area contributed by atoms with Gasteiger partial charge in [-0.3, -0.25) is 10.1 Å². The number of nitrogens with one attached hydrogen (secondary N) is 1. The van der Waals surface area contributed by atoms with Crippen LogP contribution in [0.15, 0.2) is 30.3 Å². The van der Waals surface area contributed by atoms with Crippen molar-refractivity contribution in [3.8, 4) is 17.2 Å². The van der Waals surface area contributed by atoms with Crippen LogP contribution in [0.3, 0.4) is 0 Å². The van der Waals surface area contributed by atoms with E-state index in [-0.39, 0.29) is 22.7 Å². The molecule has 1 aliphatic heterocycles. The Morgan fingerprint density at radius 3 is 2.64 bits per heavy atom. The third kappa shape index (κ3) is 2.75. The highest BCUT2D eigenvalue weighted by molar-refractivity contribution is 5.94. The highest BCUT2D eigenvalue weighted by Crippen LogP contribution is 2.43. The monoisotopic (exact) mass is 346 g/mol. The lowest BCUT2D eigenvalue weighted by Crippen LogP contribution is -2.16. The Morgan fingerprint density at radius 1 is 1.28 bits per heavy atom. The van der Waals surface area contributed by atoms with Crippen LogP contribution >= 0.6 is 0 Å². The highest BCUT2D eigenvalue weighted by atomic mass is 16.6. The fraction of sp³-hybridized carbons (Fsp3) is 0.188. The Labute approximate surface area is 141 Å². The number of fused-ring (bicyclic) bond motifs is 1. The third-order valence-corrected chi connectivity index (χ3v) is 3.78. The van der Waals surface area contributed by atoms with Gasteiger partial charge < -0.3 is 24.6 Å². The molecule has 0 saturated heterocycles. The first kappa shape index (κ1) is 16.4. The number of hydrogen-bond acceptors (Lipinski definition) is 7. The Morgan fingerprint density at radius 2 is 2.04 bits per heavy atom. The molecule has 25 heavy (non-hydrogen) atoms. The first-order valence-electron chi connectivity index (χ1n) is 7.16. The number of ether oxygens (including phenoxy) is 3. The molecule has 2 N–H and O–H groups in total. The number of benzene rings is 2. The lowest BCUT2D eigenvalue weighted by atomic mass is 10.0. The maximum absolute atomic E-state index is 11.7. The standard InChI is InChI=1S/C16H14N2O7/c1-23-12-6-4-9(13(16(19)20)14(12)24-2)15-17-10-7-8(18(21)22)3-5-11(10)25-15/h3-7,15,17H,1-2H3,(H,19,20). The van der Waals surface area contributed by atoms with Crippen LogP contribution in [0.25, 0.3) is 0 Å². The minimum absolute atomic E-state index is 0.0693. The number of carboxylic acids is 1. The van der Waals surface area contributed by atoms with E-state index < -0.39 is 17.1 Å². The summed E-state index contributed by atoms with van der Waals surface area (Å²) in [5.41, 5.74) is 0.511. The topological polar surface area (TPSA) is 120 Å². The van der Waals surface area contributed by atoms with Gasteiger partial charge >= 0.3 is 5.97 Å². The summed E-state index contributed by atoms with van der Waals surface area (Å²) < 4.78 is 16.0. The predicted molar refractivity (Wildman–Crippen MR) is 86.6 cm³/mol. The number of nitro benzene ring substituents is 1. The second-order valence-corrected chi connectivity index (χ2v) is 5.15. The van der Waals surface area contributed by atoms with E-state index in [1.807, 2.05) is 0 Å². The first-order valence-corrected chi connectivity index (χ1v) is 7.16. The molecule has 0 aliphatic carbocycles. The van der Waals surface area contributed by atoms with Crippen LogP contribution in [-0.4, -0.2) is 30.2 Å². The number of aromatic carboxylic acids is 1. The van der Waals surface area contributed by atoms with Crippen LogP contribution in [-0.2, 0) is 0 Å². The van der Waals surface area contributed by atoms with Crippen molar-refractivity contribution in [2.24, 2.45) is 0 Å². The molecular weight excluding hydrogens is 332 g/mol. The van der Waals surface area contributed by atoms with Crippen LogP contribution in [0.5, 0.6) is 17.2 Å². The van der Waals surface area contributed by atoms with Crippen LogP contribution in [0.1, 0.15) is 22.1 Å². The van der Waals surface area contributed by atoms with Gasteiger partial charge in [-0.1, -0.05) is 0 Å². The van der Waals surface area contributed by atoms with Crippen molar-refractivity contribution >= 4 is 17.3 Å². The number of nitro groups is 1. The lowest BCUT2D eigenvalue weighted by Gasteiger charge is -2.18. The van der Waals surface area contributed by atoms with E-state index in [1.165, 1.54) is 32.4 Å². The first-order chi connectivity index (χ1) is 12.0. The Bertz CT molecular complexity index is 866. The molecule has 3 rings (SSSR count). The van der Waals surface area contributed by atoms with Crippen LogP contribution < -0.4 is 19.5 Å². The molecule has 0 aromatic heterocycles. The summed E-state index contributed by atoms with van der Waals surface area (Å²) in [5, 5.41) is 23.4. The summed E-state index contributed by atoms with van der Waals surface area (Å²) in [6.07, 6.45) is -0.831. The molecule has 0 amide bonds. The van der Waals surface area contributed by atoms with Gasteiger partial charge in [0.15, 0.2) is 17.7 Å². The van der Waals surface area contributed by atoms with Gasteiger partial charge in [-0.05, 0) is 18.2 Å². The molecule has 1 atom stereocenters. The molecule has 2 aromatic rings. The molecule has 0 saturated carbocycles. The van der Waals surface area contributed by atoms with E-state index in [2.05, 4.69) is 5.32 Å². The van der Waals surface area contributed by atoms with Crippen molar-refractivity contribution in [2.45, 2.75) is 6.23 Å². The quantitative estimate of drug-likeness (QED) is 0.626. The number of carboxylic acid groups (broad SMARTS) is 1. The van der Waals surface area contributed by atoms with Gasteiger partial charge in [0.05, 0.1) is 24.8 Å². The van der Waals surface area contributed by atoms with E-state index in [0.29, 0.717) is 17.0 Å². The van der Waals surface area contributed by atoms with Gasteiger partial charge in [-0.25, -0.2) is 4.79 Å². The van der Waals surface area contributed by atoms with Crippen molar-refractivity contribution in [1.29, 1.82) is 0 Å². The van der Waals surface area contributed by atoms with Crippen molar-refractivity contribution < 1.29 is 29.0 Å². The molecule has 130 valence electrons. The molecule has 0 bridgehead atoms. The lowest BCUT2D eigenvalue weighted by molar-refractivity contribution is -0.384. The summed E-state index contributed by atoms with van der Waals surface area (Å²) >= 11 is 0. The molecule has 9 nitrogen and oxygen atoms in total. The number of hydrogen-bond donors (Lipinski definition) is 2. The summed E-state index contributed by atoms with van der Waals surface area (Å²) in [6, 6.07) is 7.22. The molecule has 0 spiro atoms. The molecule has 1 aliphatic rings. The van der Waals surface area contributed by atoms with Gasteiger partial charge in [0.2, 0.25) is 0 Å². The fourth-order valence-corrected chi connectivity index (χ4v) is 2.67. The van der Waals surface area contributed by atoms with Gasteiger partial charge in [-0.2, -0.15) is 0 Å². The van der Waals surface area contributed by atoms with Gasteiger partial charge in [0, 0.05) is 17.7 Å². The molecule has 1 unspecified atom stereocenters. The van der Waals surface area contributed by atoms with Gasteiger partial charge in [-0.15, -0.1) is 0 Å². The summed E-state index contributed by atoms with van der Waals surface area (Å²) in [6.45, 7) is 0. The Hall–Kier alpha value is -3.49. The number of carbonyl (C=O) groups is 1. The number of methoxy groups -OCH3 is 2. The van der Waals surface area contributed by atoms with Crippen molar-refractivity contribution in [1.82, 2.24) is 0 Å². The van der Waals surface area contributed by atoms with Gasteiger partial charge in [0.25, 0.3) is 5.69 Å². The zero-order valence-electron chi connectivity index (χ0n) is 13.3. The van der Waals surface area contributed by atoms with Crippen LogP contribution in [0.4, 0.5) is 11.4 Å². The normalized spacial score (nSPS) is 14.9. The molecular formula is C16H14N2O7. The Kier molecular flexibility index (Phi) is 4.05. The van der Waals surface area contributed by atoms with E-state index in [4.69, 9.17) is 14.2 Å². The average Bonchev–Trinajstić information content (AvgIpc) is 3.02. The van der Waals surface area contributed by atoms with E-state index in [9.17, 15) is 20.0 Å². The molecule has 2 aromatic carbocycles. The summed E-state index contributed by atoms with van der Waals surface area (Å²) in [7, 11) is 2.75. The summed E-state index contributed by atoms with van der Waals surface area (Å²) in [5.74, 6) is -0.477. The minimum Gasteiger partial charge on any atom is -0.493 e. The van der Waals surface area contributed by atoms with E-state index in [0.717, 1.165) is 0 Å². The smallest absolute Gasteiger partial charge is 0.340 e. The van der Waals surface area contributed by atoms with E-state index in [1.54, 1.807) is 12.1 Å². The van der Waals surface area contributed by atoms with Gasteiger partial charge in [0.1, 0.15) is 11.3 Å². The second-order valence-electron chi connectivity index (χ2n) is 5.15. The molecule has 0 radical (unpaired) electrons.